The number of fused-ring (bicyclic) bond motifs is 7. The molecule has 0 fully saturated rings. The van der Waals surface area contributed by atoms with E-state index in [4.69, 9.17) is 21.9 Å². The van der Waals surface area contributed by atoms with Gasteiger partial charge in [-0.2, -0.15) is 23.9 Å². The van der Waals surface area contributed by atoms with Gasteiger partial charge in [0.2, 0.25) is 0 Å². The predicted molar refractivity (Wildman–Crippen MR) is 319 cm³/mol. The van der Waals surface area contributed by atoms with Crippen molar-refractivity contribution in [2.45, 2.75) is 45.8 Å². The number of ether oxygens (including phenoxy) is 1. The summed E-state index contributed by atoms with van der Waals surface area (Å²) in [6.07, 6.45) is 24.1. The molecule has 9 nitrogen and oxygen atoms in total. The first kappa shape index (κ1) is 41.7. The van der Waals surface area contributed by atoms with E-state index in [1.807, 2.05) is 6.07 Å². The molecular formula is C66H54B2N8OPt. The number of rotatable bonds is 10. The number of anilines is 5. The molecule has 6 aliphatic rings. The van der Waals surface area contributed by atoms with E-state index in [1.54, 1.807) is 41.0 Å². The van der Waals surface area contributed by atoms with Crippen molar-refractivity contribution in [2.75, 3.05) is 21.7 Å². The van der Waals surface area contributed by atoms with Crippen LogP contribution < -0.4 is 19.4 Å². The summed E-state index contributed by atoms with van der Waals surface area (Å²) >= 11 is 0. The monoisotopic (exact) mass is 1200 g/mol. The molecule has 0 saturated heterocycles. The van der Waals surface area contributed by atoms with Gasteiger partial charge in [-0.15, -0.1) is 29.9 Å². The zero-order valence-electron chi connectivity index (χ0n) is 50.2. The van der Waals surface area contributed by atoms with Crippen LogP contribution in [0, 0.1) is 18.8 Å². The number of allylic oxidation sites excluding steroid dienone is 8. The molecule has 1 atom stereocenters. The zero-order chi connectivity index (χ0) is 57.9. The van der Waals surface area contributed by atoms with Gasteiger partial charge < -0.3 is 38.9 Å². The van der Waals surface area contributed by atoms with Crippen LogP contribution in [0.15, 0.2) is 213 Å². The van der Waals surface area contributed by atoms with E-state index in [9.17, 15) is 2.74 Å². The smallest absolute Gasteiger partial charge is 0.646 e. The Hall–Kier alpha value is -8.39. The Morgan fingerprint density at radius 1 is 0.679 bits per heavy atom. The van der Waals surface area contributed by atoms with Crippen LogP contribution in [0.25, 0.3) is 49.3 Å². The molecule has 0 radical (unpaired) electrons. The van der Waals surface area contributed by atoms with Crippen molar-refractivity contribution in [1.82, 2.24) is 19.2 Å². The van der Waals surface area contributed by atoms with E-state index in [-0.39, 0.29) is 86.7 Å². The van der Waals surface area contributed by atoms with Crippen molar-refractivity contribution in [1.29, 1.82) is 0 Å². The van der Waals surface area contributed by atoms with E-state index in [2.05, 4.69) is 212 Å². The van der Waals surface area contributed by atoms with Gasteiger partial charge in [-0.05, 0) is 135 Å². The van der Waals surface area contributed by atoms with Crippen molar-refractivity contribution in [2.24, 2.45) is 0 Å². The molecule has 0 aliphatic carbocycles. The van der Waals surface area contributed by atoms with Gasteiger partial charge in [0, 0.05) is 51.4 Å². The van der Waals surface area contributed by atoms with Crippen molar-refractivity contribution < 1.29 is 35.4 Å². The molecule has 6 aromatic carbocycles. The van der Waals surface area contributed by atoms with Crippen LogP contribution in [-0.4, -0.2) is 39.8 Å². The first-order valence-electron chi connectivity index (χ1n) is 29.6. The second kappa shape index (κ2) is 19.9. The fourth-order valence-corrected chi connectivity index (χ4v) is 11.7. The summed E-state index contributed by atoms with van der Waals surface area (Å²) in [5.74, 6) is 5.03. The minimum atomic E-state index is -2.71. The number of aromatic nitrogens is 2. The zero-order valence-corrected chi connectivity index (χ0v) is 45.4. The number of hydrogen-bond donors (Lipinski definition) is 0. The third-order valence-electron chi connectivity index (χ3n) is 15.2. The molecule has 8 heterocycles. The summed E-state index contributed by atoms with van der Waals surface area (Å²) in [6.45, 7) is 8.08. The summed E-state index contributed by atoms with van der Waals surface area (Å²) in [5.41, 5.74) is 12.9. The predicted octanol–water partition coefficient (Wildman–Crippen LogP) is 16.2. The molecule has 0 N–H and O–H groups in total. The fraction of sp³-hybridized carbons (Fsp3) is 0.121. The van der Waals surface area contributed by atoms with Crippen LogP contribution >= 0.6 is 0 Å². The van der Waals surface area contributed by atoms with Gasteiger partial charge in [-0.3, -0.25) is 4.98 Å². The molecule has 6 aliphatic heterocycles. The van der Waals surface area contributed by atoms with Gasteiger partial charge in [-0.1, -0.05) is 154 Å². The van der Waals surface area contributed by atoms with Crippen LogP contribution in [-0.2, 0) is 21.1 Å². The Morgan fingerprint density at radius 3 is 1.99 bits per heavy atom. The number of nitrogens with zero attached hydrogens (tertiary/aromatic N) is 8. The minimum Gasteiger partial charge on any atom is -0.646 e. The van der Waals surface area contributed by atoms with E-state index in [0.29, 0.717) is 28.1 Å². The average molecular weight is 1200 g/mol. The van der Waals surface area contributed by atoms with Crippen LogP contribution in [0.2, 0.25) is 0 Å². The summed E-state index contributed by atoms with van der Waals surface area (Å²) in [5, 5.41) is 5.54. The van der Waals surface area contributed by atoms with Crippen LogP contribution in [0.5, 0.6) is 11.6 Å². The largest absolute Gasteiger partial charge is 4.00 e. The third kappa shape index (κ3) is 8.17. The van der Waals surface area contributed by atoms with Crippen molar-refractivity contribution in [3.05, 3.63) is 259 Å². The Kier molecular flexibility index (Phi) is 10.6. The van der Waals surface area contributed by atoms with Crippen LogP contribution in [0.3, 0.4) is 0 Å². The van der Waals surface area contributed by atoms with Crippen molar-refractivity contribution >= 4 is 80.6 Å². The topological polar surface area (TPSA) is 57.4 Å². The Bertz CT molecular complexity index is 4230. The molecule has 0 saturated carbocycles. The first-order valence-corrected chi connectivity index (χ1v) is 26.1. The van der Waals surface area contributed by atoms with Gasteiger partial charge >= 0.3 is 34.8 Å². The molecule has 0 bridgehead atoms. The van der Waals surface area contributed by atoms with E-state index in [0.717, 1.165) is 55.8 Å². The van der Waals surface area contributed by atoms with Gasteiger partial charge in [0.25, 0.3) is 0 Å². The van der Waals surface area contributed by atoms with Gasteiger partial charge in [-0.25, -0.2) is 0 Å². The molecular weight excluding hydrogens is 1140 g/mol. The standard InChI is InChI=1S/C66H54B2N8O.Pt/c1-44(2)48-21-16-22-49(45(3)4)64(48)57-40-46(41-63(69-57)77-47-32-33-51-50-20-6-8-28-58(50)76(62(51)42-47)66-70-56-27-7-9-29-59(56)71(66)5)74-43-75(61-31-11-10-30-60(61)74)65-52(54-25-18-38-72-36-14-12-34-67(54)72)23-17-24-53(65)55-26-19-39-73-37-15-13-35-68(55)73;/h6-40,43-45,66H,1-5H3;/q-4;+4/i5D3,6D,8D,20D,28D;. The first-order chi connectivity index (χ1) is 40.6. The van der Waals surface area contributed by atoms with Crippen LogP contribution in [0.1, 0.15) is 77.7 Å². The maximum atomic E-state index is 9.30. The normalized spacial score (nSPS) is 18.2. The maximum Gasteiger partial charge on any atom is 4.00 e. The van der Waals surface area contributed by atoms with E-state index >= 15 is 0 Å². The van der Waals surface area contributed by atoms with Gasteiger partial charge in [0.1, 0.15) is 5.88 Å². The molecule has 0 amide bonds. The number of pyridine rings is 1. The molecule has 78 heavy (non-hydrogen) atoms. The van der Waals surface area contributed by atoms with Gasteiger partial charge in [0.05, 0.1) is 5.48 Å². The van der Waals surface area contributed by atoms with E-state index in [1.165, 1.54) is 4.90 Å². The second-order valence-corrected chi connectivity index (χ2v) is 20.4. The van der Waals surface area contributed by atoms with E-state index < -0.39 is 25.4 Å². The quantitative estimate of drug-likeness (QED) is 0.0999. The summed E-state index contributed by atoms with van der Waals surface area (Å²) in [4.78, 5) is 15.4. The molecule has 14 rings (SSSR count). The number of para-hydroxylation sites is 6. The Labute approximate surface area is 482 Å². The number of hydrogen-bond acceptors (Lipinski definition) is 7. The number of benzene rings is 6. The molecule has 2 aromatic heterocycles. The Morgan fingerprint density at radius 2 is 1.31 bits per heavy atom. The fourth-order valence-electron chi connectivity index (χ4n) is 11.7. The summed E-state index contributed by atoms with van der Waals surface area (Å²) in [6, 6.07) is 39.4. The third-order valence-corrected chi connectivity index (χ3v) is 15.2. The molecule has 380 valence electrons. The molecule has 0 spiro atoms. The summed E-state index contributed by atoms with van der Waals surface area (Å²) < 4.78 is 70.9. The molecule has 1 unspecified atom stereocenters. The summed E-state index contributed by atoms with van der Waals surface area (Å²) in [7, 11) is 0. The Balaban J connectivity index is 0.00000672. The van der Waals surface area contributed by atoms with Gasteiger partial charge in [0.15, 0.2) is 0 Å². The minimum absolute atomic E-state index is 0. The maximum absolute atomic E-state index is 9.30. The SMILES string of the molecule is [2H]c1c([2H])c([2H])c2c(c1[2H])c1ccc(Oc3[c-]c(N4[CH-]N(c5c(C6=CC=CN7C=CC=CB67)cccc5C5=CC=CN6C=CC=CB56)c5ccccc54)cc(-c4c(C(C)C)cccc4C(C)C)n3)[c-]c1n2C1[N-]c2ccccc2N1C([2H])([2H])[2H].[Pt+4]. The van der Waals surface area contributed by atoms with Crippen molar-refractivity contribution in [3.8, 4) is 22.9 Å². The second-order valence-electron chi connectivity index (χ2n) is 20.4. The average Bonchev–Trinajstić information content (AvgIpc) is 1.68. The molecule has 12 heteroatoms. The molecule has 8 aromatic rings. The van der Waals surface area contributed by atoms with Crippen molar-refractivity contribution in [3.63, 3.8) is 0 Å². The van der Waals surface area contributed by atoms with Crippen LogP contribution in [0.4, 0.5) is 34.1 Å².